The SMILES string of the molecule is CC(=O)N1CCC(C(=O)NCC[C@H](O)C(=O)O)CC1. The molecule has 108 valence electrons. The minimum Gasteiger partial charge on any atom is -0.479 e. The Morgan fingerprint density at radius 1 is 1.32 bits per heavy atom. The number of likely N-dealkylation sites (tertiary alicyclic amines) is 1. The second-order valence-corrected chi connectivity index (χ2v) is 4.71. The lowest BCUT2D eigenvalue weighted by atomic mass is 9.96. The Bertz CT molecular complexity index is 350. The molecule has 0 aromatic rings. The molecule has 0 aromatic heterocycles. The van der Waals surface area contributed by atoms with Gasteiger partial charge in [0.2, 0.25) is 11.8 Å². The van der Waals surface area contributed by atoms with Gasteiger partial charge in [-0.05, 0) is 12.8 Å². The molecule has 1 rings (SSSR count). The Balaban J connectivity index is 2.24. The van der Waals surface area contributed by atoms with Crippen LogP contribution in [0.1, 0.15) is 26.2 Å². The number of amides is 2. The van der Waals surface area contributed by atoms with Crippen LogP contribution in [0.4, 0.5) is 0 Å². The molecule has 0 unspecified atom stereocenters. The number of carbonyl (C=O) groups excluding carboxylic acids is 2. The molecule has 0 radical (unpaired) electrons. The van der Waals surface area contributed by atoms with Crippen molar-refractivity contribution in [1.29, 1.82) is 0 Å². The van der Waals surface area contributed by atoms with E-state index in [1.165, 1.54) is 6.92 Å². The molecule has 1 aliphatic rings. The fourth-order valence-electron chi connectivity index (χ4n) is 2.06. The number of nitrogens with one attached hydrogen (secondary N) is 1. The Morgan fingerprint density at radius 2 is 1.89 bits per heavy atom. The molecule has 2 amide bonds. The largest absolute Gasteiger partial charge is 0.479 e. The first kappa shape index (κ1) is 15.4. The van der Waals surface area contributed by atoms with Crippen LogP contribution in [0.15, 0.2) is 0 Å². The lowest BCUT2D eigenvalue weighted by Crippen LogP contribution is -2.42. The Kier molecular flexibility index (Phi) is 5.75. The molecule has 7 heteroatoms. The van der Waals surface area contributed by atoms with E-state index in [4.69, 9.17) is 10.2 Å². The molecule has 1 aliphatic heterocycles. The van der Waals surface area contributed by atoms with Crippen molar-refractivity contribution in [2.45, 2.75) is 32.3 Å². The van der Waals surface area contributed by atoms with Gasteiger partial charge in [-0.3, -0.25) is 9.59 Å². The third kappa shape index (κ3) is 4.86. The molecule has 1 atom stereocenters. The van der Waals surface area contributed by atoms with E-state index in [0.717, 1.165) is 0 Å². The quantitative estimate of drug-likeness (QED) is 0.607. The smallest absolute Gasteiger partial charge is 0.332 e. The minimum atomic E-state index is -1.44. The number of carbonyl (C=O) groups is 3. The van der Waals surface area contributed by atoms with Gasteiger partial charge in [-0.1, -0.05) is 0 Å². The van der Waals surface area contributed by atoms with E-state index in [1.54, 1.807) is 4.90 Å². The van der Waals surface area contributed by atoms with Crippen molar-refractivity contribution in [2.75, 3.05) is 19.6 Å². The molecule has 1 fully saturated rings. The van der Waals surface area contributed by atoms with Gasteiger partial charge in [-0.25, -0.2) is 4.79 Å². The summed E-state index contributed by atoms with van der Waals surface area (Å²) >= 11 is 0. The summed E-state index contributed by atoms with van der Waals surface area (Å²) in [5.74, 6) is -1.55. The maximum Gasteiger partial charge on any atom is 0.332 e. The fraction of sp³-hybridized carbons (Fsp3) is 0.750. The summed E-state index contributed by atoms with van der Waals surface area (Å²) in [5.41, 5.74) is 0. The summed E-state index contributed by atoms with van der Waals surface area (Å²) < 4.78 is 0. The first-order chi connectivity index (χ1) is 8.91. The highest BCUT2D eigenvalue weighted by Gasteiger charge is 2.25. The van der Waals surface area contributed by atoms with E-state index in [9.17, 15) is 14.4 Å². The summed E-state index contributed by atoms with van der Waals surface area (Å²) in [6, 6.07) is 0. The molecular formula is C12H20N2O5. The van der Waals surface area contributed by atoms with Crippen LogP contribution in [0.3, 0.4) is 0 Å². The van der Waals surface area contributed by atoms with Gasteiger partial charge in [-0.15, -0.1) is 0 Å². The Labute approximate surface area is 111 Å². The summed E-state index contributed by atoms with van der Waals surface area (Å²) in [5, 5.41) is 20.1. The standard InChI is InChI=1S/C12H20N2O5/c1-8(15)14-6-3-9(4-7-14)11(17)13-5-2-10(16)12(18)19/h9-10,16H,2-7H2,1H3,(H,13,17)(H,18,19)/t10-/m0/s1. The van der Waals surface area contributed by atoms with E-state index in [2.05, 4.69) is 5.32 Å². The maximum absolute atomic E-state index is 11.8. The van der Waals surface area contributed by atoms with Gasteiger partial charge >= 0.3 is 5.97 Å². The van der Waals surface area contributed by atoms with Gasteiger partial charge in [0, 0.05) is 38.9 Å². The first-order valence-electron chi connectivity index (χ1n) is 6.36. The monoisotopic (exact) mass is 272 g/mol. The molecule has 1 saturated heterocycles. The fourth-order valence-corrected chi connectivity index (χ4v) is 2.06. The number of aliphatic hydroxyl groups excluding tert-OH is 1. The second kappa shape index (κ2) is 7.08. The third-order valence-electron chi connectivity index (χ3n) is 3.31. The highest BCUT2D eigenvalue weighted by atomic mass is 16.4. The summed E-state index contributed by atoms with van der Waals surface area (Å²) in [6.07, 6.45) is -0.215. The third-order valence-corrected chi connectivity index (χ3v) is 3.31. The number of hydrogen-bond donors (Lipinski definition) is 3. The van der Waals surface area contributed by atoms with Crippen molar-refractivity contribution in [3.05, 3.63) is 0 Å². The van der Waals surface area contributed by atoms with E-state index in [-0.39, 0.29) is 30.7 Å². The van der Waals surface area contributed by atoms with E-state index >= 15 is 0 Å². The zero-order chi connectivity index (χ0) is 14.4. The lowest BCUT2D eigenvalue weighted by Gasteiger charge is -2.30. The van der Waals surface area contributed by atoms with Gasteiger partial charge in [0.1, 0.15) is 0 Å². The Hall–Kier alpha value is -1.63. The van der Waals surface area contributed by atoms with Crippen molar-refractivity contribution in [2.24, 2.45) is 5.92 Å². The van der Waals surface area contributed by atoms with Crippen LogP contribution in [0.25, 0.3) is 0 Å². The van der Waals surface area contributed by atoms with Gasteiger partial charge in [0.25, 0.3) is 0 Å². The number of nitrogens with zero attached hydrogens (tertiary/aromatic N) is 1. The lowest BCUT2D eigenvalue weighted by molar-refractivity contribution is -0.147. The molecule has 19 heavy (non-hydrogen) atoms. The number of rotatable bonds is 5. The topological polar surface area (TPSA) is 107 Å². The van der Waals surface area contributed by atoms with E-state index in [0.29, 0.717) is 25.9 Å². The summed E-state index contributed by atoms with van der Waals surface area (Å²) in [6.45, 7) is 2.79. The van der Waals surface area contributed by atoms with Gasteiger partial charge in [0.05, 0.1) is 0 Å². The molecule has 3 N–H and O–H groups in total. The summed E-state index contributed by atoms with van der Waals surface area (Å²) in [4.78, 5) is 35.0. The van der Waals surface area contributed by atoms with Crippen LogP contribution >= 0.6 is 0 Å². The zero-order valence-corrected chi connectivity index (χ0v) is 11.0. The van der Waals surface area contributed by atoms with Crippen LogP contribution in [0.2, 0.25) is 0 Å². The number of carboxylic acids is 1. The number of aliphatic hydroxyl groups is 1. The van der Waals surface area contributed by atoms with Gasteiger partial charge < -0.3 is 20.4 Å². The molecule has 1 heterocycles. The Morgan fingerprint density at radius 3 is 2.37 bits per heavy atom. The van der Waals surface area contributed by atoms with Crippen LogP contribution in [0.5, 0.6) is 0 Å². The summed E-state index contributed by atoms with van der Waals surface area (Å²) in [7, 11) is 0. The van der Waals surface area contributed by atoms with E-state index < -0.39 is 12.1 Å². The van der Waals surface area contributed by atoms with Gasteiger partial charge in [-0.2, -0.15) is 0 Å². The molecule has 0 bridgehead atoms. The highest BCUT2D eigenvalue weighted by molar-refractivity contribution is 5.79. The highest BCUT2D eigenvalue weighted by Crippen LogP contribution is 2.17. The van der Waals surface area contributed by atoms with Crippen molar-refractivity contribution in [1.82, 2.24) is 10.2 Å². The minimum absolute atomic E-state index is 0.00658. The average Bonchev–Trinajstić information content (AvgIpc) is 2.38. The predicted octanol–water partition coefficient (Wildman–Crippen LogP) is -0.803. The van der Waals surface area contributed by atoms with E-state index in [1.807, 2.05) is 0 Å². The number of hydrogen-bond acceptors (Lipinski definition) is 4. The number of carboxylic acid groups (broad SMARTS) is 1. The maximum atomic E-state index is 11.8. The number of aliphatic carboxylic acids is 1. The molecule has 0 aromatic carbocycles. The number of piperidine rings is 1. The van der Waals surface area contributed by atoms with Crippen molar-refractivity contribution in [3.63, 3.8) is 0 Å². The van der Waals surface area contributed by atoms with Crippen LogP contribution in [-0.4, -0.2) is 58.6 Å². The molecule has 0 spiro atoms. The predicted molar refractivity (Wildman–Crippen MR) is 66.2 cm³/mol. The molecule has 7 nitrogen and oxygen atoms in total. The zero-order valence-electron chi connectivity index (χ0n) is 11.0. The first-order valence-corrected chi connectivity index (χ1v) is 6.36. The second-order valence-electron chi connectivity index (χ2n) is 4.71. The van der Waals surface area contributed by atoms with Crippen LogP contribution in [0, 0.1) is 5.92 Å². The average molecular weight is 272 g/mol. The molecular weight excluding hydrogens is 252 g/mol. The molecule has 0 saturated carbocycles. The normalized spacial score (nSPS) is 17.9. The van der Waals surface area contributed by atoms with Crippen LogP contribution in [-0.2, 0) is 14.4 Å². The van der Waals surface area contributed by atoms with Crippen molar-refractivity contribution in [3.8, 4) is 0 Å². The van der Waals surface area contributed by atoms with Gasteiger partial charge in [0.15, 0.2) is 6.10 Å². The molecule has 0 aliphatic carbocycles. The van der Waals surface area contributed by atoms with Crippen molar-refractivity contribution < 1.29 is 24.6 Å². The van der Waals surface area contributed by atoms with Crippen LogP contribution < -0.4 is 5.32 Å². The van der Waals surface area contributed by atoms with Crippen molar-refractivity contribution >= 4 is 17.8 Å².